The minimum atomic E-state index is -0.00476. The Morgan fingerprint density at radius 1 is 0.766 bits per heavy atom. The van der Waals surface area contributed by atoms with Crippen molar-refractivity contribution in [2.45, 2.75) is 85.5 Å². The zero-order valence-electron chi connectivity index (χ0n) is 29.5. The van der Waals surface area contributed by atoms with Crippen molar-refractivity contribution in [2.24, 2.45) is 0 Å². The molecule has 244 valence electrons. The fourth-order valence-corrected chi connectivity index (χ4v) is 6.20. The highest BCUT2D eigenvalue weighted by Gasteiger charge is 2.22. The molecule has 0 fully saturated rings. The van der Waals surface area contributed by atoms with Crippen LogP contribution in [0.15, 0.2) is 79.5 Å². The molecule has 0 spiro atoms. The van der Waals surface area contributed by atoms with E-state index in [0.29, 0.717) is 23.5 Å². The molecule has 0 radical (unpaired) electrons. The standard InChI is InChI=1S/C40H48N6O/c1-25(2)28-17-34(26(3)4)39(35(18-28)27(5)6)29-15-31(45-14-13-44(10)24-45)20-32(16-29)47-33-21-37-36(42-22-33)23-43-46(37)38-19-30(11-12-41-38)40(7,8)9/h11-23,25-27H,24H2,1-10H3. The number of ether oxygens (including phenoxy) is 1. The number of aromatic nitrogens is 4. The summed E-state index contributed by atoms with van der Waals surface area (Å²) in [6, 6.07) is 17.6. The van der Waals surface area contributed by atoms with E-state index in [-0.39, 0.29) is 5.41 Å². The lowest BCUT2D eigenvalue weighted by Gasteiger charge is -2.25. The molecule has 0 saturated carbocycles. The molecule has 0 bridgehead atoms. The molecule has 0 N–H and O–H groups in total. The van der Waals surface area contributed by atoms with Gasteiger partial charge in [-0.25, -0.2) is 14.6 Å². The summed E-state index contributed by atoms with van der Waals surface area (Å²) >= 11 is 0. The lowest BCUT2D eigenvalue weighted by molar-refractivity contribution is 0.479. The predicted octanol–water partition coefficient (Wildman–Crippen LogP) is 10.1. The second-order valence-electron chi connectivity index (χ2n) is 14.8. The SMILES string of the molecule is CC(C)c1cc(C(C)C)c(-c2cc(Oc3cnc4cnn(-c5cc(C(C)(C)C)ccn5)c4c3)cc(N3C=CN(C)C3)c2)c(C(C)C)c1. The van der Waals surface area contributed by atoms with Gasteiger partial charge in [0.05, 0.1) is 24.6 Å². The molecule has 6 rings (SSSR count). The number of benzene rings is 2. The number of hydrogen-bond acceptors (Lipinski definition) is 6. The van der Waals surface area contributed by atoms with E-state index in [1.807, 2.05) is 16.9 Å². The number of rotatable bonds is 8. The summed E-state index contributed by atoms with van der Waals surface area (Å²) in [7, 11) is 2.09. The molecular weight excluding hydrogens is 580 g/mol. The number of nitrogens with zero attached hydrogens (tertiary/aromatic N) is 6. The van der Waals surface area contributed by atoms with Gasteiger partial charge in [-0.3, -0.25) is 0 Å². The monoisotopic (exact) mass is 628 g/mol. The van der Waals surface area contributed by atoms with Gasteiger partial charge in [-0.05, 0) is 80.8 Å². The average Bonchev–Trinajstić information content (AvgIpc) is 3.66. The number of pyridine rings is 2. The van der Waals surface area contributed by atoms with E-state index < -0.39 is 0 Å². The van der Waals surface area contributed by atoms with E-state index >= 15 is 0 Å². The number of anilines is 1. The van der Waals surface area contributed by atoms with Crippen molar-refractivity contribution in [3.63, 3.8) is 0 Å². The van der Waals surface area contributed by atoms with Crippen molar-refractivity contribution in [1.29, 1.82) is 0 Å². The van der Waals surface area contributed by atoms with Gasteiger partial charge in [0.2, 0.25) is 0 Å². The molecule has 3 aromatic heterocycles. The van der Waals surface area contributed by atoms with Crippen LogP contribution in [0.5, 0.6) is 11.5 Å². The Morgan fingerprint density at radius 2 is 1.49 bits per heavy atom. The number of hydrogen-bond donors (Lipinski definition) is 0. The minimum absolute atomic E-state index is 0.00476. The first-order valence-corrected chi connectivity index (χ1v) is 16.8. The molecule has 2 aromatic carbocycles. The van der Waals surface area contributed by atoms with Gasteiger partial charge in [0.15, 0.2) is 5.82 Å². The molecule has 0 atom stereocenters. The van der Waals surface area contributed by atoms with Crippen molar-refractivity contribution in [2.75, 3.05) is 18.6 Å². The molecule has 5 aromatic rings. The normalized spacial score (nSPS) is 13.6. The van der Waals surface area contributed by atoms with Crippen molar-refractivity contribution in [3.05, 3.63) is 102 Å². The van der Waals surface area contributed by atoms with Gasteiger partial charge in [-0.1, -0.05) is 74.4 Å². The lowest BCUT2D eigenvalue weighted by atomic mass is 9.81. The summed E-state index contributed by atoms with van der Waals surface area (Å²) in [4.78, 5) is 13.8. The van der Waals surface area contributed by atoms with Gasteiger partial charge in [-0.15, -0.1) is 0 Å². The van der Waals surface area contributed by atoms with Crippen LogP contribution in [0.3, 0.4) is 0 Å². The molecule has 7 nitrogen and oxygen atoms in total. The van der Waals surface area contributed by atoms with Crippen LogP contribution < -0.4 is 9.64 Å². The van der Waals surface area contributed by atoms with Gasteiger partial charge >= 0.3 is 0 Å². The maximum absolute atomic E-state index is 6.69. The molecule has 0 saturated heterocycles. The summed E-state index contributed by atoms with van der Waals surface area (Å²) in [5, 5.41) is 4.65. The first-order chi connectivity index (χ1) is 22.3. The Bertz CT molecular complexity index is 1920. The topological polar surface area (TPSA) is 59.3 Å². The van der Waals surface area contributed by atoms with E-state index in [2.05, 4.69) is 144 Å². The lowest BCUT2D eigenvalue weighted by Crippen LogP contribution is -2.21. The first-order valence-electron chi connectivity index (χ1n) is 16.8. The van der Waals surface area contributed by atoms with E-state index in [0.717, 1.165) is 40.5 Å². The number of fused-ring (bicyclic) bond motifs is 1. The molecule has 47 heavy (non-hydrogen) atoms. The Balaban J connectivity index is 1.47. The largest absolute Gasteiger partial charge is 0.456 e. The molecule has 0 unspecified atom stereocenters. The summed E-state index contributed by atoms with van der Waals surface area (Å²) in [5.41, 5.74) is 10.5. The van der Waals surface area contributed by atoms with Crippen LogP contribution in [-0.4, -0.2) is 38.4 Å². The van der Waals surface area contributed by atoms with Crippen LogP contribution in [0, 0.1) is 0 Å². The van der Waals surface area contributed by atoms with E-state index in [4.69, 9.17) is 9.72 Å². The van der Waals surface area contributed by atoms with Crippen LogP contribution in [0.2, 0.25) is 0 Å². The van der Waals surface area contributed by atoms with Crippen molar-refractivity contribution >= 4 is 16.7 Å². The van der Waals surface area contributed by atoms with Gasteiger partial charge in [-0.2, -0.15) is 5.10 Å². The Hall–Kier alpha value is -4.65. The Kier molecular flexibility index (Phi) is 8.60. The van der Waals surface area contributed by atoms with Crippen molar-refractivity contribution in [1.82, 2.24) is 24.6 Å². The van der Waals surface area contributed by atoms with Gasteiger partial charge in [0.25, 0.3) is 0 Å². The molecule has 1 aliphatic heterocycles. The van der Waals surface area contributed by atoms with Crippen LogP contribution >= 0.6 is 0 Å². The Morgan fingerprint density at radius 3 is 2.11 bits per heavy atom. The quantitative estimate of drug-likeness (QED) is 0.170. The third-order valence-electron chi connectivity index (χ3n) is 8.98. The fraction of sp³-hybridized carbons (Fsp3) is 0.375. The highest BCUT2D eigenvalue weighted by Crippen LogP contribution is 2.42. The summed E-state index contributed by atoms with van der Waals surface area (Å²) in [6.07, 6.45) is 9.63. The van der Waals surface area contributed by atoms with Crippen LogP contribution in [0.25, 0.3) is 28.0 Å². The summed E-state index contributed by atoms with van der Waals surface area (Å²) in [6.45, 7) is 21.1. The van der Waals surface area contributed by atoms with E-state index in [1.165, 1.54) is 27.8 Å². The fourth-order valence-electron chi connectivity index (χ4n) is 6.20. The molecule has 7 heteroatoms. The van der Waals surface area contributed by atoms with Crippen molar-refractivity contribution < 1.29 is 4.74 Å². The maximum Gasteiger partial charge on any atom is 0.154 e. The van der Waals surface area contributed by atoms with E-state index in [9.17, 15) is 0 Å². The molecule has 0 amide bonds. The average molecular weight is 629 g/mol. The van der Waals surface area contributed by atoms with Crippen LogP contribution in [0.4, 0.5) is 5.69 Å². The maximum atomic E-state index is 6.69. The predicted molar refractivity (Wildman–Crippen MR) is 194 cm³/mol. The van der Waals surface area contributed by atoms with Crippen LogP contribution in [0.1, 0.15) is 102 Å². The van der Waals surface area contributed by atoms with E-state index in [1.54, 1.807) is 12.4 Å². The van der Waals surface area contributed by atoms with Gasteiger partial charge < -0.3 is 14.5 Å². The van der Waals surface area contributed by atoms with Gasteiger partial charge in [0.1, 0.15) is 17.0 Å². The highest BCUT2D eigenvalue weighted by atomic mass is 16.5. The molecule has 4 heterocycles. The van der Waals surface area contributed by atoms with Crippen molar-refractivity contribution in [3.8, 4) is 28.4 Å². The molecule has 1 aliphatic rings. The summed E-state index contributed by atoms with van der Waals surface area (Å²) in [5.74, 6) is 3.35. The zero-order chi connectivity index (χ0) is 33.6. The Labute approximate surface area is 279 Å². The highest BCUT2D eigenvalue weighted by molar-refractivity contribution is 5.79. The molecular formula is C40H48N6O. The summed E-state index contributed by atoms with van der Waals surface area (Å²) < 4.78 is 8.53. The van der Waals surface area contributed by atoms with Crippen LogP contribution in [-0.2, 0) is 5.41 Å². The third-order valence-corrected chi connectivity index (χ3v) is 8.98. The first kappa shape index (κ1) is 32.3. The minimum Gasteiger partial charge on any atom is -0.456 e. The van der Waals surface area contributed by atoms with Gasteiger partial charge in [0, 0.05) is 43.5 Å². The zero-order valence-corrected chi connectivity index (χ0v) is 29.5. The third kappa shape index (κ3) is 6.62. The second kappa shape index (κ2) is 12.5. The second-order valence-corrected chi connectivity index (χ2v) is 14.8. The smallest absolute Gasteiger partial charge is 0.154 e. The molecule has 0 aliphatic carbocycles.